The van der Waals surface area contributed by atoms with E-state index in [-0.39, 0.29) is 0 Å². The fourth-order valence-corrected chi connectivity index (χ4v) is 0.886. The maximum absolute atomic E-state index is 11.8. The summed E-state index contributed by atoms with van der Waals surface area (Å²) in [5.74, 6) is -0.955. The van der Waals surface area contributed by atoms with Crippen LogP contribution in [0.3, 0.4) is 0 Å². The van der Waals surface area contributed by atoms with Gasteiger partial charge in [0.1, 0.15) is 0 Å². The van der Waals surface area contributed by atoms with Gasteiger partial charge in [0.15, 0.2) is 6.10 Å². The number of aliphatic hydroxyl groups excluding tert-OH is 1. The van der Waals surface area contributed by atoms with Gasteiger partial charge in [-0.25, -0.2) is 0 Å². The Morgan fingerprint density at radius 2 is 1.93 bits per heavy atom. The molecule has 0 saturated carbocycles. The Kier molecular flexibility index (Phi) is 5.59. The summed E-state index contributed by atoms with van der Waals surface area (Å²) in [4.78, 5) is 11.1. The van der Waals surface area contributed by atoms with Crippen molar-refractivity contribution in [3.05, 3.63) is 0 Å². The Morgan fingerprint density at radius 1 is 1.40 bits per heavy atom. The van der Waals surface area contributed by atoms with Crippen molar-refractivity contribution in [2.75, 3.05) is 20.1 Å². The van der Waals surface area contributed by atoms with Gasteiger partial charge >= 0.3 is 6.18 Å². The average molecular weight is 228 g/mol. The summed E-state index contributed by atoms with van der Waals surface area (Å²) in [6.45, 7) is 1.14. The molecule has 0 aromatic heterocycles. The van der Waals surface area contributed by atoms with Gasteiger partial charge in [-0.15, -0.1) is 0 Å². The third-order valence-electron chi connectivity index (χ3n) is 1.81. The molecule has 0 radical (unpaired) electrons. The van der Waals surface area contributed by atoms with Crippen LogP contribution in [0.25, 0.3) is 0 Å². The highest BCUT2D eigenvalue weighted by molar-refractivity contribution is 5.78. The van der Waals surface area contributed by atoms with Crippen LogP contribution in [-0.4, -0.2) is 43.4 Å². The summed E-state index contributed by atoms with van der Waals surface area (Å²) in [6, 6.07) is 0. The van der Waals surface area contributed by atoms with E-state index in [1.54, 1.807) is 14.0 Å². The quantitative estimate of drug-likeness (QED) is 0.615. The van der Waals surface area contributed by atoms with E-state index in [2.05, 4.69) is 5.32 Å². The number of nitrogens with one attached hydrogen (secondary N) is 2. The fourth-order valence-electron chi connectivity index (χ4n) is 0.886. The van der Waals surface area contributed by atoms with Crippen molar-refractivity contribution in [3.63, 3.8) is 0 Å². The molecule has 0 aromatic rings. The highest BCUT2D eigenvalue weighted by Crippen LogP contribution is 2.19. The first-order valence-corrected chi connectivity index (χ1v) is 4.46. The van der Waals surface area contributed by atoms with Gasteiger partial charge in [0, 0.05) is 12.5 Å². The first kappa shape index (κ1) is 14.2. The van der Waals surface area contributed by atoms with E-state index in [9.17, 15) is 18.0 Å². The predicted octanol–water partition coefficient (Wildman–Crippen LogP) is -0.119. The summed E-state index contributed by atoms with van der Waals surface area (Å²) in [5, 5.41) is 13.3. The highest BCUT2D eigenvalue weighted by Gasteiger charge is 2.38. The summed E-state index contributed by atoms with van der Waals surface area (Å²) in [5.41, 5.74) is 0. The maximum Gasteiger partial charge on any atom is 0.416 e. The van der Waals surface area contributed by atoms with Crippen molar-refractivity contribution in [2.45, 2.75) is 19.2 Å². The number of carbonyl (C=O) groups is 1. The van der Waals surface area contributed by atoms with Gasteiger partial charge in [0.05, 0.1) is 6.54 Å². The lowest BCUT2D eigenvalue weighted by Gasteiger charge is -2.17. The van der Waals surface area contributed by atoms with Gasteiger partial charge in [0.25, 0.3) is 0 Å². The Hall–Kier alpha value is -0.820. The van der Waals surface area contributed by atoms with E-state index < -0.39 is 30.7 Å². The third kappa shape index (κ3) is 5.58. The van der Waals surface area contributed by atoms with Crippen molar-refractivity contribution in [2.24, 2.45) is 5.92 Å². The lowest BCUT2D eigenvalue weighted by Crippen LogP contribution is -2.43. The molecule has 0 rings (SSSR count). The van der Waals surface area contributed by atoms with Gasteiger partial charge < -0.3 is 15.7 Å². The number of rotatable bonds is 5. The number of hydrogen-bond donors (Lipinski definition) is 3. The summed E-state index contributed by atoms with van der Waals surface area (Å²) < 4.78 is 35.5. The minimum absolute atomic E-state index is 0.369. The van der Waals surface area contributed by atoms with Crippen molar-refractivity contribution >= 4 is 5.91 Å². The molecule has 0 aromatic carbocycles. The van der Waals surface area contributed by atoms with Crippen LogP contribution < -0.4 is 10.6 Å². The smallest absolute Gasteiger partial charge is 0.382 e. The van der Waals surface area contributed by atoms with Crippen LogP contribution in [0.15, 0.2) is 0 Å². The Bertz CT molecular complexity index is 209. The summed E-state index contributed by atoms with van der Waals surface area (Å²) in [7, 11) is 1.63. The molecule has 0 aliphatic heterocycles. The molecule has 90 valence electrons. The third-order valence-corrected chi connectivity index (χ3v) is 1.81. The molecular weight excluding hydrogens is 213 g/mol. The molecule has 1 amide bonds. The zero-order valence-corrected chi connectivity index (χ0v) is 8.56. The van der Waals surface area contributed by atoms with Crippen molar-refractivity contribution < 1.29 is 23.1 Å². The van der Waals surface area contributed by atoms with E-state index >= 15 is 0 Å². The van der Waals surface area contributed by atoms with E-state index in [0.29, 0.717) is 6.54 Å². The second-order valence-electron chi connectivity index (χ2n) is 3.26. The van der Waals surface area contributed by atoms with Gasteiger partial charge in [-0.2, -0.15) is 13.2 Å². The van der Waals surface area contributed by atoms with Crippen LogP contribution in [0.1, 0.15) is 6.92 Å². The highest BCUT2D eigenvalue weighted by atomic mass is 19.4. The van der Waals surface area contributed by atoms with Crippen LogP contribution in [0.5, 0.6) is 0 Å². The van der Waals surface area contributed by atoms with E-state index in [1.165, 1.54) is 0 Å². The average Bonchev–Trinajstić information content (AvgIpc) is 2.12. The molecule has 4 nitrogen and oxygen atoms in total. The number of alkyl halides is 3. The van der Waals surface area contributed by atoms with Crippen LogP contribution in [-0.2, 0) is 4.79 Å². The first-order valence-electron chi connectivity index (χ1n) is 4.46. The van der Waals surface area contributed by atoms with Crippen molar-refractivity contribution in [1.29, 1.82) is 0 Å². The molecule has 0 aliphatic rings. The monoisotopic (exact) mass is 228 g/mol. The molecule has 15 heavy (non-hydrogen) atoms. The number of amides is 1. The summed E-state index contributed by atoms with van der Waals surface area (Å²) in [6.07, 6.45) is -7.21. The standard InChI is InChI=1S/C8H15F3N2O2/c1-5(3-12-2)7(15)13-4-6(14)8(9,10)11/h5-6,12,14H,3-4H2,1-2H3,(H,13,15). The van der Waals surface area contributed by atoms with Gasteiger partial charge in [-0.1, -0.05) is 6.92 Å². The Morgan fingerprint density at radius 3 is 2.33 bits per heavy atom. The molecule has 2 unspecified atom stereocenters. The largest absolute Gasteiger partial charge is 0.416 e. The second kappa shape index (κ2) is 5.92. The van der Waals surface area contributed by atoms with Crippen molar-refractivity contribution in [3.8, 4) is 0 Å². The number of aliphatic hydroxyl groups is 1. The lowest BCUT2D eigenvalue weighted by molar-refractivity contribution is -0.201. The van der Waals surface area contributed by atoms with E-state index in [0.717, 1.165) is 0 Å². The van der Waals surface area contributed by atoms with Gasteiger partial charge in [-0.3, -0.25) is 4.79 Å². The van der Waals surface area contributed by atoms with E-state index in [1.807, 2.05) is 5.32 Å². The Labute approximate surface area is 85.8 Å². The normalized spacial score (nSPS) is 15.9. The number of halogens is 3. The molecule has 3 N–H and O–H groups in total. The molecule has 0 bridgehead atoms. The predicted molar refractivity (Wildman–Crippen MR) is 48.2 cm³/mol. The number of carbonyl (C=O) groups excluding carboxylic acids is 1. The Balaban J connectivity index is 3.90. The maximum atomic E-state index is 11.8. The minimum Gasteiger partial charge on any atom is -0.382 e. The van der Waals surface area contributed by atoms with Gasteiger partial charge in [0.2, 0.25) is 5.91 Å². The topological polar surface area (TPSA) is 61.4 Å². The van der Waals surface area contributed by atoms with Crippen LogP contribution in [0.2, 0.25) is 0 Å². The molecule has 0 saturated heterocycles. The van der Waals surface area contributed by atoms with Crippen LogP contribution in [0, 0.1) is 5.92 Å². The molecule has 2 atom stereocenters. The second-order valence-corrected chi connectivity index (χ2v) is 3.26. The summed E-state index contributed by atoms with van der Waals surface area (Å²) >= 11 is 0. The molecule has 0 aliphatic carbocycles. The van der Waals surface area contributed by atoms with Crippen molar-refractivity contribution in [1.82, 2.24) is 10.6 Å². The molecule has 7 heteroatoms. The molecule has 0 spiro atoms. The molecular formula is C8H15F3N2O2. The van der Waals surface area contributed by atoms with Crippen LogP contribution in [0.4, 0.5) is 13.2 Å². The lowest BCUT2D eigenvalue weighted by atomic mass is 10.1. The fraction of sp³-hybridized carbons (Fsp3) is 0.875. The zero-order chi connectivity index (χ0) is 12.1. The molecule has 0 fully saturated rings. The first-order chi connectivity index (χ1) is 6.79. The zero-order valence-electron chi connectivity index (χ0n) is 8.56. The van der Waals surface area contributed by atoms with Gasteiger partial charge in [-0.05, 0) is 7.05 Å². The minimum atomic E-state index is -4.69. The SMILES string of the molecule is CNCC(C)C(=O)NCC(O)C(F)(F)F. The van der Waals surface area contributed by atoms with Crippen LogP contribution >= 0.6 is 0 Å². The number of hydrogen-bond acceptors (Lipinski definition) is 3. The van der Waals surface area contributed by atoms with E-state index in [4.69, 9.17) is 5.11 Å². The molecule has 0 heterocycles.